The van der Waals surface area contributed by atoms with E-state index in [1.54, 1.807) is 30.3 Å². The maximum absolute atomic E-state index is 13.0. The Kier molecular flexibility index (Phi) is 6.18. The van der Waals surface area contributed by atoms with Crippen LogP contribution in [0.25, 0.3) is 0 Å². The highest BCUT2D eigenvalue weighted by atomic mass is 32.2. The third-order valence-corrected chi connectivity index (χ3v) is 6.90. The molecule has 0 aliphatic heterocycles. The van der Waals surface area contributed by atoms with Crippen LogP contribution < -0.4 is 5.32 Å². The smallest absolute Gasteiger partial charge is 0.220 e. The first-order chi connectivity index (χ1) is 11.3. The van der Waals surface area contributed by atoms with Crippen molar-refractivity contribution in [3.63, 3.8) is 0 Å². The number of thiophene rings is 1. The van der Waals surface area contributed by atoms with Crippen molar-refractivity contribution in [1.29, 1.82) is 0 Å². The molecule has 1 N–H and O–H groups in total. The Hall–Kier alpha value is -1.66. The van der Waals surface area contributed by atoms with Gasteiger partial charge in [-0.05, 0) is 36.4 Å². The quantitative estimate of drug-likeness (QED) is 0.813. The minimum Gasteiger partial charge on any atom is -0.354 e. The van der Waals surface area contributed by atoms with Crippen LogP contribution in [-0.4, -0.2) is 20.9 Å². The standard InChI is InChI=1S/C18H23NO3S2/c1-13(2)11-18(20)19-12-17(16-5-4-10-23-16)24(21,22)15-8-6-14(3)7-9-15/h4-10,13,17H,11-12H2,1-3H3,(H,19,20)/t17-/m1/s1. The molecule has 0 saturated carbocycles. The summed E-state index contributed by atoms with van der Waals surface area (Å²) in [6.45, 7) is 5.92. The van der Waals surface area contributed by atoms with Crippen molar-refractivity contribution in [2.45, 2.75) is 37.3 Å². The number of sulfone groups is 1. The summed E-state index contributed by atoms with van der Waals surface area (Å²) in [6.07, 6.45) is 0.391. The zero-order valence-corrected chi connectivity index (χ0v) is 15.8. The van der Waals surface area contributed by atoms with Gasteiger partial charge >= 0.3 is 0 Å². The first-order valence-electron chi connectivity index (χ1n) is 7.91. The number of rotatable bonds is 7. The highest BCUT2D eigenvalue weighted by Gasteiger charge is 2.30. The molecule has 2 aromatic rings. The van der Waals surface area contributed by atoms with Crippen molar-refractivity contribution >= 4 is 27.1 Å². The Labute approximate surface area is 147 Å². The van der Waals surface area contributed by atoms with Gasteiger partial charge in [-0.3, -0.25) is 4.79 Å². The molecule has 0 aliphatic rings. The van der Waals surface area contributed by atoms with E-state index in [0.717, 1.165) is 10.4 Å². The lowest BCUT2D eigenvalue weighted by molar-refractivity contribution is -0.121. The Bertz CT molecular complexity index is 763. The molecule has 24 heavy (non-hydrogen) atoms. The lowest BCUT2D eigenvalue weighted by Crippen LogP contribution is -2.32. The van der Waals surface area contributed by atoms with Crippen molar-refractivity contribution < 1.29 is 13.2 Å². The third kappa shape index (κ3) is 4.68. The molecule has 130 valence electrons. The van der Waals surface area contributed by atoms with Crippen molar-refractivity contribution in [2.75, 3.05) is 6.54 Å². The molecule has 1 amide bonds. The molecule has 4 nitrogen and oxygen atoms in total. The van der Waals surface area contributed by atoms with E-state index in [9.17, 15) is 13.2 Å². The van der Waals surface area contributed by atoms with E-state index in [4.69, 9.17) is 0 Å². The number of nitrogens with one attached hydrogen (secondary N) is 1. The fourth-order valence-corrected chi connectivity index (χ4v) is 5.16. The molecule has 1 heterocycles. The number of hydrogen-bond donors (Lipinski definition) is 1. The molecule has 0 fully saturated rings. The Morgan fingerprint density at radius 2 is 1.83 bits per heavy atom. The molecular formula is C18H23NO3S2. The van der Waals surface area contributed by atoms with Crippen LogP contribution in [0.4, 0.5) is 0 Å². The van der Waals surface area contributed by atoms with Crippen LogP contribution in [0.2, 0.25) is 0 Å². The summed E-state index contributed by atoms with van der Waals surface area (Å²) in [5.74, 6) is 0.115. The van der Waals surface area contributed by atoms with E-state index >= 15 is 0 Å². The molecule has 0 saturated heterocycles. The first kappa shape index (κ1) is 18.7. The van der Waals surface area contributed by atoms with E-state index in [1.165, 1.54) is 11.3 Å². The fourth-order valence-electron chi connectivity index (χ4n) is 2.38. The van der Waals surface area contributed by atoms with Crippen LogP contribution in [0.5, 0.6) is 0 Å². The van der Waals surface area contributed by atoms with Gasteiger partial charge < -0.3 is 5.32 Å². The second kappa shape index (κ2) is 7.94. The highest BCUT2D eigenvalue weighted by molar-refractivity contribution is 7.91. The summed E-state index contributed by atoms with van der Waals surface area (Å²) in [7, 11) is -3.57. The summed E-state index contributed by atoms with van der Waals surface area (Å²) < 4.78 is 26.1. The molecule has 1 aromatic carbocycles. The summed E-state index contributed by atoms with van der Waals surface area (Å²) in [4.78, 5) is 13.0. The monoisotopic (exact) mass is 365 g/mol. The summed E-state index contributed by atoms with van der Waals surface area (Å²) in [5.41, 5.74) is 1.01. The van der Waals surface area contributed by atoms with Crippen molar-refractivity contribution in [1.82, 2.24) is 5.32 Å². The third-order valence-electron chi connectivity index (χ3n) is 3.66. The minimum absolute atomic E-state index is 0.0856. The average molecular weight is 366 g/mol. The van der Waals surface area contributed by atoms with Crippen molar-refractivity contribution in [3.05, 3.63) is 52.2 Å². The van der Waals surface area contributed by atoms with Crippen LogP contribution in [0, 0.1) is 12.8 Å². The number of hydrogen-bond acceptors (Lipinski definition) is 4. The SMILES string of the molecule is Cc1ccc(S(=O)(=O)[C@H](CNC(=O)CC(C)C)c2cccs2)cc1. The van der Waals surface area contributed by atoms with Gasteiger partial charge in [0, 0.05) is 17.8 Å². The van der Waals surface area contributed by atoms with Crippen LogP contribution >= 0.6 is 11.3 Å². The molecule has 1 aromatic heterocycles. The van der Waals surface area contributed by atoms with Gasteiger partial charge in [-0.15, -0.1) is 11.3 Å². The Morgan fingerprint density at radius 3 is 2.38 bits per heavy atom. The predicted octanol–water partition coefficient (Wildman–Crippen LogP) is 3.73. The van der Waals surface area contributed by atoms with Gasteiger partial charge in [0.2, 0.25) is 5.91 Å². The number of benzene rings is 1. The van der Waals surface area contributed by atoms with Gasteiger partial charge in [0.1, 0.15) is 5.25 Å². The van der Waals surface area contributed by atoms with Gasteiger partial charge in [-0.25, -0.2) is 8.42 Å². The van der Waals surface area contributed by atoms with Crippen molar-refractivity contribution in [3.8, 4) is 0 Å². The topological polar surface area (TPSA) is 63.2 Å². The Balaban J connectivity index is 2.26. The zero-order valence-electron chi connectivity index (χ0n) is 14.2. The number of amides is 1. The van der Waals surface area contributed by atoms with E-state index in [2.05, 4.69) is 5.32 Å². The van der Waals surface area contributed by atoms with E-state index < -0.39 is 15.1 Å². The van der Waals surface area contributed by atoms with Crippen LogP contribution in [-0.2, 0) is 14.6 Å². The van der Waals surface area contributed by atoms with Gasteiger partial charge in [0.15, 0.2) is 9.84 Å². The second-order valence-electron chi connectivity index (χ2n) is 6.26. The summed E-state index contributed by atoms with van der Waals surface area (Å²) >= 11 is 1.39. The molecule has 6 heteroatoms. The fraction of sp³-hybridized carbons (Fsp3) is 0.389. The molecule has 0 bridgehead atoms. The van der Waals surface area contributed by atoms with Crippen LogP contribution in [0.3, 0.4) is 0 Å². The lowest BCUT2D eigenvalue weighted by atomic mass is 10.1. The number of carbonyl (C=O) groups is 1. The minimum atomic E-state index is -3.57. The summed E-state index contributed by atoms with van der Waals surface area (Å²) in [6, 6.07) is 10.5. The summed E-state index contributed by atoms with van der Waals surface area (Å²) in [5, 5.41) is 3.86. The number of aryl methyl sites for hydroxylation is 1. The van der Waals surface area contributed by atoms with E-state index in [1.807, 2.05) is 32.2 Å². The highest BCUT2D eigenvalue weighted by Crippen LogP contribution is 2.31. The van der Waals surface area contributed by atoms with E-state index in [0.29, 0.717) is 6.42 Å². The maximum Gasteiger partial charge on any atom is 0.220 e. The number of carbonyl (C=O) groups excluding carboxylic acids is 1. The molecule has 0 spiro atoms. The van der Waals surface area contributed by atoms with Crippen molar-refractivity contribution in [2.24, 2.45) is 5.92 Å². The largest absolute Gasteiger partial charge is 0.354 e. The molecule has 0 aliphatic carbocycles. The van der Waals surface area contributed by atoms with Gasteiger partial charge in [-0.1, -0.05) is 37.6 Å². The molecule has 1 atom stereocenters. The molecular weight excluding hydrogens is 342 g/mol. The predicted molar refractivity (Wildman–Crippen MR) is 97.9 cm³/mol. The Morgan fingerprint density at radius 1 is 1.17 bits per heavy atom. The second-order valence-corrected chi connectivity index (χ2v) is 9.37. The first-order valence-corrected chi connectivity index (χ1v) is 10.3. The van der Waals surface area contributed by atoms with Crippen LogP contribution in [0.1, 0.15) is 36.0 Å². The molecule has 0 unspecified atom stereocenters. The van der Waals surface area contributed by atoms with Gasteiger partial charge in [0.25, 0.3) is 0 Å². The average Bonchev–Trinajstić information content (AvgIpc) is 3.01. The molecule has 2 rings (SSSR count). The van der Waals surface area contributed by atoms with Gasteiger partial charge in [0.05, 0.1) is 4.90 Å². The normalized spacial score (nSPS) is 13.0. The van der Waals surface area contributed by atoms with E-state index in [-0.39, 0.29) is 23.3 Å². The molecule has 0 radical (unpaired) electrons. The van der Waals surface area contributed by atoms with Gasteiger partial charge in [-0.2, -0.15) is 0 Å². The maximum atomic E-state index is 13.0. The zero-order chi connectivity index (χ0) is 17.7. The lowest BCUT2D eigenvalue weighted by Gasteiger charge is -2.18. The van der Waals surface area contributed by atoms with Crippen LogP contribution in [0.15, 0.2) is 46.7 Å².